The van der Waals surface area contributed by atoms with E-state index >= 15 is 0 Å². The quantitative estimate of drug-likeness (QED) is 0.573. The number of halogens is 1. The van der Waals surface area contributed by atoms with Crippen LogP contribution in [0.25, 0.3) is 0 Å². The van der Waals surface area contributed by atoms with E-state index in [1.165, 1.54) is 44.5 Å². The molecule has 1 unspecified atom stereocenters. The summed E-state index contributed by atoms with van der Waals surface area (Å²) in [6, 6.07) is 5.95. The third-order valence-corrected chi connectivity index (χ3v) is 4.43. The van der Waals surface area contributed by atoms with Crippen molar-refractivity contribution in [2.45, 2.75) is 39.5 Å². The molecule has 6 nitrogen and oxygen atoms in total. The molecule has 0 aliphatic carbocycles. The molecule has 0 radical (unpaired) electrons. The van der Waals surface area contributed by atoms with Gasteiger partial charge >= 0.3 is 11.9 Å². The predicted molar refractivity (Wildman–Crippen MR) is 101 cm³/mol. The SMILES string of the molecule is Cc1ccc(OCCCCN2CCCC(C)C2)c(Cl)c1.O=C(O)C(=O)O. The molecule has 2 rings (SSSR count). The van der Waals surface area contributed by atoms with Gasteiger partial charge in [0.05, 0.1) is 11.6 Å². The maximum Gasteiger partial charge on any atom is 0.414 e. The molecule has 0 aromatic heterocycles. The third-order valence-electron chi connectivity index (χ3n) is 4.14. The zero-order chi connectivity index (χ0) is 19.5. The summed E-state index contributed by atoms with van der Waals surface area (Å²) in [6.45, 7) is 8.89. The monoisotopic (exact) mass is 385 g/mol. The highest BCUT2D eigenvalue weighted by Crippen LogP contribution is 2.25. The van der Waals surface area contributed by atoms with E-state index in [-0.39, 0.29) is 0 Å². The summed E-state index contributed by atoms with van der Waals surface area (Å²) in [6.07, 6.45) is 5.05. The summed E-state index contributed by atoms with van der Waals surface area (Å²) < 4.78 is 5.75. The fraction of sp³-hybridized carbons (Fsp3) is 0.579. The second kappa shape index (κ2) is 11.8. The number of hydrogen-bond donors (Lipinski definition) is 2. The number of carbonyl (C=O) groups is 2. The number of carboxylic acids is 2. The van der Waals surface area contributed by atoms with Crippen molar-refractivity contribution in [3.05, 3.63) is 28.8 Å². The molecule has 1 heterocycles. The van der Waals surface area contributed by atoms with Gasteiger partial charge in [-0.25, -0.2) is 9.59 Å². The number of aryl methyl sites for hydroxylation is 1. The van der Waals surface area contributed by atoms with E-state index in [0.29, 0.717) is 0 Å². The average Bonchev–Trinajstić information content (AvgIpc) is 2.57. The maximum atomic E-state index is 9.10. The van der Waals surface area contributed by atoms with E-state index < -0.39 is 11.9 Å². The molecule has 1 aromatic carbocycles. The van der Waals surface area contributed by atoms with Crippen LogP contribution in [0.3, 0.4) is 0 Å². The van der Waals surface area contributed by atoms with Crippen molar-refractivity contribution in [3.63, 3.8) is 0 Å². The molecule has 1 aliphatic heterocycles. The molecule has 2 N–H and O–H groups in total. The lowest BCUT2D eigenvalue weighted by Crippen LogP contribution is -2.35. The Bertz CT molecular complexity index is 581. The molecule has 7 heteroatoms. The van der Waals surface area contributed by atoms with E-state index in [4.69, 9.17) is 36.1 Å². The molecule has 1 aromatic rings. The first-order valence-corrected chi connectivity index (χ1v) is 9.25. The largest absolute Gasteiger partial charge is 0.492 e. The molecule has 1 saturated heterocycles. The van der Waals surface area contributed by atoms with Gasteiger partial charge in [0.2, 0.25) is 0 Å². The van der Waals surface area contributed by atoms with Crippen molar-refractivity contribution in [3.8, 4) is 5.75 Å². The van der Waals surface area contributed by atoms with Gasteiger partial charge in [-0.3, -0.25) is 0 Å². The molecule has 146 valence electrons. The number of unbranched alkanes of at least 4 members (excludes halogenated alkanes) is 1. The first-order valence-electron chi connectivity index (χ1n) is 8.87. The highest BCUT2D eigenvalue weighted by atomic mass is 35.5. The number of aliphatic carboxylic acids is 2. The fourth-order valence-corrected chi connectivity index (χ4v) is 3.12. The Morgan fingerprint density at radius 3 is 2.54 bits per heavy atom. The first-order chi connectivity index (χ1) is 12.3. The van der Waals surface area contributed by atoms with Crippen LogP contribution in [0.1, 0.15) is 38.2 Å². The number of rotatable bonds is 6. The molecular weight excluding hydrogens is 358 g/mol. The van der Waals surface area contributed by atoms with Crippen LogP contribution in [0, 0.1) is 12.8 Å². The van der Waals surface area contributed by atoms with E-state index in [1.54, 1.807) is 0 Å². The Hall–Kier alpha value is -1.79. The van der Waals surface area contributed by atoms with Crippen LogP contribution < -0.4 is 4.74 Å². The lowest BCUT2D eigenvalue weighted by molar-refractivity contribution is -0.159. The van der Waals surface area contributed by atoms with E-state index in [1.807, 2.05) is 25.1 Å². The number of likely N-dealkylation sites (tertiary alicyclic amines) is 1. The summed E-state index contributed by atoms with van der Waals surface area (Å²) in [4.78, 5) is 20.8. The third kappa shape index (κ3) is 9.06. The Morgan fingerprint density at radius 1 is 1.27 bits per heavy atom. The van der Waals surface area contributed by atoms with Gasteiger partial charge in [-0.05, 0) is 69.3 Å². The van der Waals surface area contributed by atoms with Crippen LogP contribution in [0.5, 0.6) is 5.75 Å². The predicted octanol–water partition coefficient (Wildman–Crippen LogP) is 3.69. The number of benzene rings is 1. The summed E-state index contributed by atoms with van der Waals surface area (Å²) in [7, 11) is 0. The Kier molecular flexibility index (Phi) is 10.1. The van der Waals surface area contributed by atoms with Crippen molar-refractivity contribution < 1.29 is 24.5 Å². The second-order valence-electron chi connectivity index (χ2n) is 6.65. The fourth-order valence-electron chi connectivity index (χ4n) is 2.83. The number of ether oxygens (including phenoxy) is 1. The van der Waals surface area contributed by atoms with Gasteiger partial charge in [0.15, 0.2) is 0 Å². The van der Waals surface area contributed by atoms with Crippen LogP contribution in [0.15, 0.2) is 18.2 Å². The summed E-state index contributed by atoms with van der Waals surface area (Å²) >= 11 is 6.15. The van der Waals surface area contributed by atoms with E-state index in [2.05, 4.69) is 11.8 Å². The standard InChI is InChI=1S/C17H26ClNO.C2H2O4/c1-14-7-8-17(16(18)12-14)20-11-4-3-9-19-10-5-6-15(2)13-19;3-1(4)2(5)6/h7-8,12,15H,3-6,9-11,13H2,1-2H3;(H,3,4)(H,5,6). The lowest BCUT2D eigenvalue weighted by atomic mass is 10.0. The molecule has 0 spiro atoms. The van der Waals surface area contributed by atoms with Gasteiger partial charge in [-0.1, -0.05) is 24.6 Å². The van der Waals surface area contributed by atoms with Crippen molar-refractivity contribution in [1.82, 2.24) is 4.90 Å². The Morgan fingerprint density at radius 2 is 1.96 bits per heavy atom. The summed E-state index contributed by atoms with van der Waals surface area (Å²) in [5.41, 5.74) is 1.17. The Balaban J connectivity index is 0.000000487. The van der Waals surface area contributed by atoms with Crippen LogP contribution in [0.2, 0.25) is 5.02 Å². The lowest BCUT2D eigenvalue weighted by Gasteiger charge is -2.30. The minimum Gasteiger partial charge on any atom is -0.492 e. The minimum atomic E-state index is -1.82. The normalized spacial score (nSPS) is 17.1. The van der Waals surface area contributed by atoms with Gasteiger partial charge < -0.3 is 19.8 Å². The molecule has 1 aliphatic rings. The zero-order valence-corrected chi connectivity index (χ0v) is 16.2. The smallest absolute Gasteiger partial charge is 0.414 e. The second-order valence-corrected chi connectivity index (χ2v) is 7.05. The summed E-state index contributed by atoms with van der Waals surface area (Å²) in [5.74, 6) is -1.97. The van der Waals surface area contributed by atoms with Gasteiger partial charge in [0.1, 0.15) is 5.75 Å². The molecule has 0 saturated carbocycles. The van der Waals surface area contributed by atoms with Crippen LogP contribution in [-0.2, 0) is 9.59 Å². The first kappa shape index (κ1) is 22.3. The molecular formula is C19H28ClNO5. The highest BCUT2D eigenvalue weighted by Gasteiger charge is 2.15. The van der Waals surface area contributed by atoms with Gasteiger partial charge in [-0.15, -0.1) is 0 Å². The number of carboxylic acid groups (broad SMARTS) is 2. The van der Waals surface area contributed by atoms with Crippen molar-refractivity contribution in [2.75, 3.05) is 26.2 Å². The Labute approximate surface area is 159 Å². The number of piperidine rings is 1. The van der Waals surface area contributed by atoms with Crippen molar-refractivity contribution >= 4 is 23.5 Å². The summed E-state index contributed by atoms with van der Waals surface area (Å²) in [5, 5.41) is 15.5. The molecule has 1 atom stereocenters. The molecule has 0 amide bonds. The van der Waals surface area contributed by atoms with Gasteiger partial charge in [-0.2, -0.15) is 0 Å². The average molecular weight is 386 g/mol. The van der Waals surface area contributed by atoms with Gasteiger partial charge in [0, 0.05) is 6.54 Å². The van der Waals surface area contributed by atoms with Gasteiger partial charge in [0.25, 0.3) is 0 Å². The highest BCUT2D eigenvalue weighted by molar-refractivity contribution is 6.32. The number of hydrogen-bond acceptors (Lipinski definition) is 4. The molecule has 0 bridgehead atoms. The molecule has 26 heavy (non-hydrogen) atoms. The topological polar surface area (TPSA) is 87.1 Å². The van der Waals surface area contributed by atoms with E-state index in [9.17, 15) is 0 Å². The molecule has 1 fully saturated rings. The van der Waals surface area contributed by atoms with Crippen molar-refractivity contribution in [1.29, 1.82) is 0 Å². The van der Waals surface area contributed by atoms with Crippen LogP contribution >= 0.6 is 11.6 Å². The van der Waals surface area contributed by atoms with Crippen molar-refractivity contribution in [2.24, 2.45) is 5.92 Å². The zero-order valence-electron chi connectivity index (χ0n) is 15.4. The van der Waals surface area contributed by atoms with E-state index in [0.717, 1.165) is 29.7 Å². The maximum absolute atomic E-state index is 9.10. The van der Waals surface area contributed by atoms with Crippen LogP contribution in [-0.4, -0.2) is 53.3 Å². The number of nitrogens with zero attached hydrogens (tertiary/aromatic N) is 1. The van der Waals surface area contributed by atoms with Crippen LogP contribution in [0.4, 0.5) is 0 Å². The minimum absolute atomic E-state index is 0.717.